The van der Waals surface area contributed by atoms with Gasteiger partial charge in [-0.3, -0.25) is 0 Å². The van der Waals surface area contributed by atoms with Crippen LogP contribution in [-0.4, -0.2) is 0 Å². The van der Waals surface area contributed by atoms with E-state index in [-0.39, 0.29) is 0 Å². The third-order valence-electron chi connectivity index (χ3n) is 6.32. The van der Waals surface area contributed by atoms with Crippen LogP contribution in [0.5, 0.6) is 0 Å². The lowest BCUT2D eigenvalue weighted by Gasteiger charge is -2.50. The molecule has 20 heavy (non-hydrogen) atoms. The van der Waals surface area contributed by atoms with Crippen molar-refractivity contribution < 1.29 is 0 Å². The van der Waals surface area contributed by atoms with E-state index >= 15 is 0 Å². The van der Waals surface area contributed by atoms with Gasteiger partial charge in [-0.2, -0.15) is 0 Å². The SMILES string of the molecule is CC[C@@H]1CCCC2(C)c3ccc(C(C)C)cc3CCC12. The third kappa shape index (κ3) is 2.12. The van der Waals surface area contributed by atoms with Crippen LogP contribution < -0.4 is 0 Å². The maximum absolute atomic E-state index is 2.56. The monoisotopic (exact) mass is 270 g/mol. The Kier molecular flexibility index (Phi) is 3.69. The van der Waals surface area contributed by atoms with Gasteiger partial charge in [0.25, 0.3) is 0 Å². The molecule has 1 aromatic carbocycles. The van der Waals surface area contributed by atoms with E-state index in [1.807, 2.05) is 0 Å². The number of rotatable bonds is 2. The van der Waals surface area contributed by atoms with Crippen LogP contribution in [0.1, 0.15) is 82.4 Å². The second-order valence-corrected chi connectivity index (χ2v) is 7.69. The molecule has 0 N–H and O–H groups in total. The van der Waals surface area contributed by atoms with Crippen LogP contribution in [-0.2, 0) is 11.8 Å². The van der Waals surface area contributed by atoms with Crippen LogP contribution >= 0.6 is 0 Å². The number of hydrogen-bond donors (Lipinski definition) is 0. The molecular weight excluding hydrogens is 240 g/mol. The van der Waals surface area contributed by atoms with Gasteiger partial charge in [0.05, 0.1) is 0 Å². The van der Waals surface area contributed by atoms with Gasteiger partial charge in [-0.25, -0.2) is 0 Å². The molecule has 0 radical (unpaired) electrons. The zero-order valence-corrected chi connectivity index (χ0v) is 13.7. The summed E-state index contributed by atoms with van der Waals surface area (Å²) in [6.07, 6.45) is 8.41. The molecule has 2 aliphatic rings. The number of fused-ring (bicyclic) bond motifs is 3. The second-order valence-electron chi connectivity index (χ2n) is 7.69. The van der Waals surface area contributed by atoms with Crippen LogP contribution in [0.4, 0.5) is 0 Å². The molecule has 2 unspecified atom stereocenters. The number of aryl methyl sites for hydroxylation is 1. The normalized spacial score (nSPS) is 32.9. The molecule has 0 nitrogen and oxygen atoms in total. The summed E-state index contributed by atoms with van der Waals surface area (Å²) < 4.78 is 0. The first-order valence-electron chi connectivity index (χ1n) is 8.69. The zero-order chi connectivity index (χ0) is 14.3. The molecule has 0 aliphatic heterocycles. The molecule has 0 bridgehead atoms. The molecular formula is C20H30. The van der Waals surface area contributed by atoms with Crippen LogP contribution in [0.2, 0.25) is 0 Å². The minimum Gasteiger partial charge on any atom is -0.0651 e. The van der Waals surface area contributed by atoms with Gasteiger partial charge in [0.15, 0.2) is 0 Å². The molecule has 0 spiro atoms. The fourth-order valence-electron chi connectivity index (χ4n) is 5.06. The molecule has 0 heteroatoms. The molecule has 1 aromatic rings. The molecule has 0 saturated heterocycles. The summed E-state index contributed by atoms with van der Waals surface area (Å²) in [6.45, 7) is 9.58. The summed E-state index contributed by atoms with van der Waals surface area (Å²) in [5.41, 5.74) is 5.33. The Morgan fingerprint density at radius 1 is 1.25 bits per heavy atom. The van der Waals surface area contributed by atoms with Gasteiger partial charge in [0, 0.05) is 0 Å². The highest BCUT2D eigenvalue weighted by atomic mass is 14.5. The lowest BCUT2D eigenvalue weighted by Crippen LogP contribution is -2.43. The minimum absolute atomic E-state index is 0.460. The molecule has 1 fully saturated rings. The van der Waals surface area contributed by atoms with E-state index in [0.29, 0.717) is 11.3 Å². The predicted molar refractivity (Wildman–Crippen MR) is 87.3 cm³/mol. The zero-order valence-electron chi connectivity index (χ0n) is 13.7. The molecule has 3 atom stereocenters. The lowest BCUT2D eigenvalue weighted by atomic mass is 9.54. The smallest absolute Gasteiger partial charge is 0.00416 e. The van der Waals surface area contributed by atoms with E-state index in [0.717, 1.165) is 11.8 Å². The van der Waals surface area contributed by atoms with Crippen molar-refractivity contribution in [3.05, 3.63) is 34.9 Å². The van der Waals surface area contributed by atoms with E-state index in [9.17, 15) is 0 Å². The summed E-state index contributed by atoms with van der Waals surface area (Å²) in [7, 11) is 0. The fraction of sp³-hybridized carbons (Fsp3) is 0.700. The highest BCUT2D eigenvalue weighted by molar-refractivity contribution is 5.41. The standard InChI is InChI=1S/C20H30/c1-5-15-7-6-12-20(4)18(15)11-9-17-13-16(14(2)3)8-10-19(17)20/h8,10,13-15,18H,5-7,9,11-12H2,1-4H3/t15-,18?,20?/m1/s1. The highest BCUT2D eigenvalue weighted by Crippen LogP contribution is 2.53. The first-order valence-corrected chi connectivity index (χ1v) is 8.69. The topological polar surface area (TPSA) is 0 Å². The van der Waals surface area contributed by atoms with Crippen LogP contribution in [0.25, 0.3) is 0 Å². The van der Waals surface area contributed by atoms with Crippen molar-refractivity contribution in [2.45, 2.75) is 77.6 Å². The van der Waals surface area contributed by atoms with Gasteiger partial charge in [0.1, 0.15) is 0 Å². The van der Waals surface area contributed by atoms with Crippen molar-refractivity contribution in [1.29, 1.82) is 0 Å². The molecule has 0 heterocycles. The van der Waals surface area contributed by atoms with E-state index in [1.165, 1.54) is 44.1 Å². The lowest BCUT2D eigenvalue weighted by molar-refractivity contribution is 0.104. The van der Waals surface area contributed by atoms with Gasteiger partial charge in [-0.1, -0.05) is 65.2 Å². The van der Waals surface area contributed by atoms with Crippen molar-refractivity contribution in [2.24, 2.45) is 11.8 Å². The van der Waals surface area contributed by atoms with Crippen molar-refractivity contribution in [3.8, 4) is 0 Å². The number of hydrogen-bond acceptors (Lipinski definition) is 0. The van der Waals surface area contributed by atoms with Gasteiger partial charge in [0.2, 0.25) is 0 Å². The molecule has 0 amide bonds. The van der Waals surface area contributed by atoms with Crippen molar-refractivity contribution in [3.63, 3.8) is 0 Å². The van der Waals surface area contributed by atoms with E-state index < -0.39 is 0 Å². The molecule has 1 saturated carbocycles. The van der Waals surface area contributed by atoms with E-state index in [4.69, 9.17) is 0 Å². The Balaban J connectivity index is 2.01. The van der Waals surface area contributed by atoms with Crippen LogP contribution in [0.15, 0.2) is 18.2 Å². The summed E-state index contributed by atoms with van der Waals surface area (Å²) in [4.78, 5) is 0. The fourth-order valence-corrected chi connectivity index (χ4v) is 5.06. The molecule has 3 rings (SSSR count). The van der Waals surface area contributed by atoms with Gasteiger partial charge >= 0.3 is 0 Å². The average molecular weight is 270 g/mol. The van der Waals surface area contributed by atoms with E-state index in [1.54, 1.807) is 11.1 Å². The van der Waals surface area contributed by atoms with Gasteiger partial charge in [-0.05, 0) is 59.1 Å². The quantitative estimate of drug-likeness (QED) is 0.633. The van der Waals surface area contributed by atoms with Crippen LogP contribution in [0.3, 0.4) is 0 Å². The summed E-state index contributed by atoms with van der Waals surface area (Å²) in [5, 5.41) is 0. The Hall–Kier alpha value is -0.780. The second kappa shape index (κ2) is 5.20. The predicted octanol–water partition coefficient (Wildman–Crippen LogP) is 5.84. The molecule has 0 aromatic heterocycles. The summed E-state index contributed by atoms with van der Waals surface area (Å²) in [5.74, 6) is 2.55. The Labute approximate surface area is 125 Å². The Bertz CT molecular complexity index is 485. The molecule has 110 valence electrons. The largest absolute Gasteiger partial charge is 0.0651 e. The summed E-state index contributed by atoms with van der Waals surface area (Å²) >= 11 is 0. The van der Waals surface area contributed by atoms with Gasteiger partial charge < -0.3 is 0 Å². The Morgan fingerprint density at radius 3 is 2.75 bits per heavy atom. The van der Waals surface area contributed by atoms with Crippen LogP contribution in [0, 0.1) is 11.8 Å². The molecule has 2 aliphatic carbocycles. The number of benzene rings is 1. The first-order chi connectivity index (χ1) is 9.56. The Morgan fingerprint density at radius 2 is 2.05 bits per heavy atom. The third-order valence-corrected chi connectivity index (χ3v) is 6.32. The van der Waals surface area contributed by atoms with Crippen molar-refractivity contribution >= 4 is 0 Å². The van der Waals surface area contributed by atoms with E-state index in [2.05, 4.69) is 45.9 Å². The minimum atomic E-state index is 0.460. The highest BCUT2D eigenvalue weighted by Gasteiger charge is 2.45. The summed E-state index contributed by atoms with van der Waals surface area (Å²) in [6, 6.07) is 7.39. The average Bonchev–Trinajstić information content (AvgIpc) is 2.45. The maximum Gasteiger partial charge on any atom is -0.00416 e. The van der Waals surface area contributed by atoms with Gasteiger partial charge in [-0.15, -0.1) is 0 Å². The maximum atomic E-state index is 2.56. The first kappa shape index (κ1) is 14.2. The van der Waals surface area contributed by atoms with Crippen molar-refractivity contribution in [2.75, 3.05) is 0 Å². The van der Waals surface area contributed by atoms with Crippen molar-refractivity contribution in [1.82, 2.24) is 0 Å².